The normalized spacial score (nSPS) is 12.1. The van der Waals surface area contributed by atoms with E-state index in [9.17, 15) is 18.0 Å². The van der Waals surface area contributed by atoms with Crippen LogP contribution in [0, 0.1) is 12.3 Å². The summed E-state index contributed by atoms with van der Waals surface area (Å²) in [5, 5.41) is 0. The summed E-state index contributed by atoms with van der Waals surface area (Å²) < 4.78 is 43.9. The van der Waals surface area contributed by atoms with Crippen molar-refractivity contribution in [2.75, 3.05) is 13.6 Å². The predicted octanol–water partition coefficient (Wildman–Crippen LogP) is 5.44. The molecule has 2 heterocycles. The maximum Gasteiger partial charge on any atom is 0.431 e. The van der Waals surface area contributed by atoms with E-state index >= 15 is 0 Å². The number of nitrogens with zero attached hydrogens (tertiary/aromatic N) is 4. The van der Waals surface area contributed by atoms with E-state index in [2.05, 4.69) is 9.97 Å². The van der Waals surface area contributed by atoms with Gasteiger partial charge in [-0.05, 0) is 23.5 Å². The van der Waals surface area contributed by atoms with E-state index < -0.39 is 17.8 Å². The first-order valence-electron chi connectivity index (χ1n) is 10.2. The van der Waals surface area contributed by atoms with E-state index in [-0.39, 0.29) is 28.8 Å². The zero-order valence-electron chi connectivity index (χ0n) is 18.9. The third-order valence-electron chi connectivity index (χ3n) is 5.07. The van der Waals surface area contributed by atoms with Crippen molar-refractivity contribution in [2.45, 2.75) is 40.4 Å². The van der Waals surface area contributed by atoms with Gasteiger partial charge >= 0.3 is 6.18 Å². The van der Waals surface area contributed by atoms with Crippen molar-refractivity contribution < 1.29 is 18.0 Å². The molecule has 3 rings (SSSR count). The lowest BCUT2D eigenvalue weighted by Crippen LogP contribution is -2.36. The lowest BCUT2D eigenvalue weighted by Gasteiger charge is -2.27. The number of carbonyl (C=O) groups excluding carboxylic acids is 1. The van der Waals surface area contributed by atoms with Crippen LogP contribution in [0.3, 0.4) is 0 Å². The highest BCUT2D eigenvalue weighted by molar-refractivity contribution is 6.01. The van der Waals surface area contributed by atoms with Crippen LogP contribution in [-0.4, -0.2) is 38.9 Å². The van der Waals surface area contributed by atoms with Crippen molar-refractivity contribution >= 4 is 5.91 Å². The minimum atomic E-state index is -4.65. The topological polar surface area (TPSA) is 51.0 Å². The molecule has 0 bridgehead atoms. The Labute approximate surface area is 185 Å². The highest BCUT2D eigenvalue weighted by atomic mass is 19.4. The third kappa shape index (κ3) is 5.00. The van der Waals surface area contributed by atoms with Gasteiger partial charge in [0, 0.05) is 43.7 Å². The van der Waals surface area contributed by atoms with Crippen LogP contribution in [0.15, 0.2) is 49.1 Å². The van der Waals surface area contributed by atoms with E-state index in [1.807, 2.05) is 20.8 Å². The molecule has 170 valence electrons. The molecule has 32 heavy (non-hydrogen) atoms. The molecule has 0 spiro atoms. The molecule has 0 unspecified atom stereocenters. The molecule has 1 aromatic carbocycles. The number of halogens is 3. The van der Waals surface area contributed by atoms with Gasteiger partial charge in [0.2, 0.25) is 0 Å². The number of carbonyl (C=O) groups is 1. The first-order chi connectivity index (χ1) is 14.9. The summed E-state index contributed by atoms with van der Waals surface area (Å²) in [6, 6.07) is 8.81. The molecule has 5 nitrogen and oxygen atoms in total. The van der Waals surface area contributed by atoms with Crippen LogP contribution < -0.4 is 0 Å². The van der Waals surface area contributed by atoms with Gasteiger partial charge in [0.05, 0.1) is 0 Å². The van der Waals surface area contributed by atoms with Crippen molar-refractivity contribution in [1.82, 2.24) is 19.4 Å². The SMILES string of the molecule is Cc1c(-c2cncnc2)c(C(=O)N(C)CC(C)(C)C)n(Cc2ccccc2)c1C(F)(F)F. The highest BCUT2D eigenvalue weighted by Gasteiger charge is 2.41. The number of hydrogen-bond donors (Lipinski definition) is 0. The molecule has 0 fully saturated rings. The van der Waals surface area contributed by atoms with Crippen molar-refractivity contribution in [3.63, 3.8) is 0 Å². The average Bonchev–Trinajstić information content (AvgIpc) is 2.99. The Morgan fingerprint density at radius 1 is 1.06 bits per heavy atom. The summed E-state index contributed by atoms with van der Waals surface area (Å²) >= 11 is 0. The van der Waals surface area contributed by atoms with E-state index in [1.54, 1.807) is 37.4 Å². The summed E-state index contributed by atoms with van der Waals surface area (Å²) in [6.07, 6.45) is -0.478. The molecule has 1 amide bonds. The Bertz CT molecular complexity index is 1080. The van der Waals surface area contributed by atoms with Gasteiger partial charge in [-0.1, -0.05) is 51.1 Å². The maximum atomic E-state index is 14.3. The molecule has 0 N–H and O–H groups in total. The van der Waals surface area contributed by atoms with Crippen LogP contribution in [0.5, 0.6) is 0 Å². The molecular formula is C24H27F3N4O. The highest BCUT2D eigenvalue weighted by Crippen LogP contribution is 2.41. The Hall–Kier alpha value is -3.16. The summed E-state index contributed by atoms with van der Waals surface area (Å²) in [7, 11) is 1.61. The van der Waals surface area contributed by atoms with Gasteiger partial charge < -0.3 is 9.47 Å². The lowest BCUT2D eigenvalue weighted by molar-refractivity contribution is -0.143. The molecule has 0 aliphatic heterocycles. The third-order valence-corrected chi connectivity index (χ3v) is 5.07. The number of amides is 1. The molecule has 0 aliphatic carbocycles. The summed E-state index contributed by atoms with van der Waals surface area (Å²) in [5.74, 6) is -0.478. The first-order valence-corrected chi connectivity index (χ1v) is 10.2. The second-order valence-electron chi connectivity index (χ2n) is 9.12. The molecular weight excluding hydrogens is 417 g/mol. The number of aromatic nitrogens is 3. The molecule has 0 saturated carbocycles. The number of benzene rings is 1. The largest absolute Gasteiger partial charge is 0.431 e. The second kappa shape index (κ2) is 8.76. The molecule has 0 aliphatic rings. The Kier molecular flexibility index (Phi) is 6.44. The van der Waals surface area contributed by atoms with Gasteiger partial charge in [-0.15, -0.1) is 0 Å². The van der Waals surface area contributed by atoms with Crippen molar-refractivity contribution in [3.8, 4) is 11.1 Å². The van der Waals surface area contributed by atoms with Crippen LogP contribution in [0.1, 0.15) is 48.1 Å². The molecule has 8 heteroatoms. The van der Waals surface area contributed by atoms with Crippen molar-refractivity contribution in [3.05, 3.63) is 71.6 Å². The molecule has 0 atom stereocenters. The quantitative estimate of drug-likeness (QED) is 0.527. The fourth-order valence-electron chi connectivity index (χ4n) is 4.00. The van der Waals surface area contributed by atoms with Crippen LogP contribution in [0.25, 0.3) is 11.1 Å². The van der Waals surface area contributed by atoms with Gasteiger partial charge in [-0.25, -0.2) is 9.97 Å². The van der Waals surface area contributed by atoms with Gasteiger partial charge in [0.25, 0.3) is 5.91 Å². The number of alkyl halides is 3. The number of hydrogen-bond acceptors (Lipinski definition) is 3. The fourth-order valence-corrected chi connectivity index (χ4v) is 4.00. The van der Waals surface area contributed by atoms with Crippen LogP contribution >= 0.6 is 0 Å². The standard InChI is InChI=1S/C24H27F3N4O/c1-16-19(18-11-28-15-29-12-18)20(22(32)30(5)14-23(2,3)4)31(21(16)24(25,26)27)13-17-9-7-6-8-10-17/h6-12,15H,13-14H2,1-5H3. The zero-order valence-corrected chi connectivity index (χ0v) is 18.9. The minimum absolute atomic E-state index is 0.0137. The molecule has 3 aromatic rings. The lowest BCUT2D eigenvalue weighted by atomic mass is 9.96. The van der Waals surface area contributed by atoms with E-state index in [4.69, 9.17) is 0 Å². The Morgan fingerprint density at radius 3 is 2.19 bits per heavy atom. The first kappa shape index (κ1) is 23.5. The van der Waals surface area contributed by atoms with Crippen molar-refractivity contribution in [2.24, 2.45) is 5.41 Å². The molecule has 0 radical (unpaired) electrons. The summed E-state index contributed by atoms with van der Waals surface area (Å²) in [4.78, 5) is 23.0. The smallest absolute Gasteiger partial charge is 0.340 e. The van der Waals surface area contributed by atoms with E-state index in [0.717, 1.165) is 4.57 Å². The molecule has 2 aromatic heterocycles. The second-order valence-corrected chi connectivity index (χ2v) is 9.12. The minimum Gasteiger partial charge on any atom is -0.340 e. The van der Waals surface area contributed by atoms with Crippen LogP contribution in [0.4, 0.5) is 13.2 Å². The molecule has 0 saturated heterocycles. The van der Waals surface area contributed by atoms with Crippen LogP contribution in [-0.2, 0) is 12.7 Å². The Morgan fingerprint density at radius 2 is 1.66 bits per heavy atom. The van der Waals surface area contributed by atoms with Gasteiger partial charge in [-0.3, -0.25) is 4.79 Å². The average molecular weight is 445 g/mol. The number of rotatable bonds is 5. The Balaban J connectivity index is 2.31. The van der Waals surface area contributed by atoms with Gasteiger partial charge in [0.15, 0.2) is 0 Å². The van der Waals surface area contributed by atoms with Crippen LogP contribution in [0.2, 0.25) is 0 Å². The predicted molar refractivity (Wildman–Crippen MR) is 117 cm³/mol. The summed E-state index contributed by atoms with van der Waals surface area (Å²) in [5.41, 5.74) is 0.147. The zero-order chi connectivity index (χ0) is 23.7. The van der Waals surface area contributed by atoms with Crippen molar-refractivity contribution in [1.29, 1.82) is 0 Å². The summed E-state index contributed by atoms with van der Waals surface area (Å²) in [6.45, 7) is 7.60. The fraction of sp³-hybridized carbons (Fsp3) is 0.375. The van der Waals surface area contributed by atoms with Gasteiger partial charge in [0.1, 0.15) is 17.7 Å². The van der Waals surface area contributed by atoms with E-state index in [1.165, 1.54) is 30.5 Å². The van der Waals surface area contributed by atoms with E-state index in [0.29, 0.717) is 17.7 Å². The maximum absolute atomic E-state index is 14.3. The van der Waals surface area contributed by atoms with Gasteiger partial charge in [-0.2, -0.15) is 13.2 Å². The monoisotopic (exact) mass is 444 g/mol.